The summed E-state index contributed by atoms with van der Waals surface area (Å²) in [5.41, 5.74) is -2.24. The van der Waals surface area contributed by atoms with Gasteiger partial charge in [-0.2, -0.15) is 0 Å². The molecule has 0 heterocycles. The molecule has 0 aromatic rings. The van der Waals surface area contributed by atoms with Crippen LogP contribution in [0, 0.1) is 0 Å². The van der Waals surface area contributed by atoms with Crippen LogP contribution in [-0.4, -0.2) is 45.7 Å². The molecular formula is C13H26O5. The molecule has 0 amide bonds. The van der Waals surface area contributed by atoms with Gasteiger partial charge >= 0.3 is 5.97 Å². The zero-order chi connectivity index (χ0) is 14.2. The minimum Gasteiger partial charge on any atom is -0.479 e. The van der Waals surface area contributed by atoms with Crippen LogP contribution in [0.15, 0.2) is 0 Å². The van der Waals surface area contributed by atoms with E-state index in [2.05, 4.69) is 6.92 Å². The number of rotatable bonds is 10. The minimum atomic E-state index is -2.24. The molecule has 0 aromatic carbocycles. The lowest BCUT2D eigenvalue weighted by molar-refractivity contribution is -0.197. The number of aliphatic hydroxyl groups is 2. The van der Waals surface area contributed by atoms with E-state index in [1.54, 1.807) is 6.92 Å². The van der Waals surface area contributed by atoms with E-state index in [9.17, 15) is 15.0 Å². The number of carbonyl (C=O) groups is 1. The summed E-state index contributed by atoms with van der Waals surface area (Å²) in [4.78, 5) is 11.1. The first-order valence-electron chi connectivity index (χ1n) is 6.66. The Morgan fingerprint density at radius 2 is 1.89 bits per heavy atom. The zero-order valence-corrected chi connectivity index (χ0v) is 11.6. The molecule has 0 saturated carbocycles. The second-order valence-electron chi connectivity index (χ2n) is 4.63. The Balaban J connectivity index is 4.32. The van der Waals surface area contributed by atoms with Crippen LogP contribution >= 0.6 is 0 Å². The number of carboxylic acids is 1. The third-order valence-corrected chi connectivity index (χ3v) is 3.22. The van der Waals surface area contributed by atoms with Crippen LogP contribution in [-0.2, 0) is 9.53 Å². The van der Waals surface area contributed by atoms with Gasteiger partial charge in [0.05, 0.1) is 12.2 Å². The number of aliphatic carboxylic acids is 1. The molecule has 18 heavy (non-hydrogen) atoms. The van der Waals surface area contributed by atoms with Gasteiger partial charge in [-0.3, -0.25) is 0 Å². The first-order chi connectivity index (χ1) is 8.41. The summed E-state index contributed by atoms with van der Waals surface area (Å²) in [6, 6.07) is 0. The highest BCUT2D eigenvalue weighted by Gasteiger charge is 2.48. The lowest BCUT2D eigenvalue weighted by atomic mass is 9.89. The van der Waals surface area contributed by atoms with Crippen molar-refractivity contribution in [2.75, 3.05) is 6.61 Å². The van der Waals surface area contributed by atoms with Crippen LogP contribution in [0.1, 0.15) is 52.9 Å². The van der Waals surface area contributed by atoms with E-state index < -0.39 is 23.8 Å². The van der Waals surface area contributed by atoms with Gasteiger partial charge in [0.15, 0.2) is 0 Å². The summed E-state index contributed by atoms with van der Waals surface area (Å²) < 4.78 is 5.35. The molecule has 5 heteroatoms. The van der Waals surface area contributed by atoms with Gasteiger partial charge < -0.3 is 20.1 Å². The number of aliphatic hydroxyl groups excluding tert-OH is 1. The van der Waals surface area contributed by atoms with Crippen LogP contribution in [0.5, 0.6) is 0 Å². The predicted octanol–water partition coefficient (Wildman–Crippen LogP) is 1.56. The first-order valence-corrected chi connectivity index (χ1v) is 6.66. The number of hydrogen-bond donors (Lipinski definition) is 3. The molecule has 0 saturated heterocycles. The van der Waals surface area contributed by atoms with Crippen molar-refractivity contribution in [2.24, 2.45) is 0 Å². The maximum Gasteiger partial charge on any atom is 0.341 e. The smallest absolute Gasteiger partial charge is 0.341 e. The fourth-order valence-corrected chi connectivity index (χ4v) is 1.81. The Bertz CT molecular complexity index is 244. The van der Waals surface area contributed by atoms with Crippen molar-refractivity contribution >= 4 is 5.97 Å². The van der Waals surface area contributed by atoms with Crippen LogP contribution in [0.4, 0.5) is 0 Å². The second-order valence-corrected chi connectivity index (χ2v) is 4.63. The average molecular weight is 262 g/mol. The molecule has 0 aliphatic heterocycles. The number of carboxylic acid groups (broad SMARTS) is 1. The van der Waals surface area contributed by atoms with Gasteiger partial charge in [0.1, 0.15) is 0 Å². The molecule has 0 bridgehead atoms. The molecular weight excluding hydrogens is 236 g/mol. The van der Waals surface area contributed by atoms with E-state index in [-0.39, 0.29) is 6.42 Å². The van der Waals surface area contributed by atoms with Gasteiger partial charge in [0.25, 0.3) is 0 Å². The average Bonchev–Trinajstić information content (AvgIpc) is 2.35. The van der Waals surface area contributed by atoms with Crippen molar-refractivity contribution in [3.05, 3.63) is 0 Å². The Morgan fingerprint density at radius 1 is 1.28 bits per heavy atom. The lowest BCUT2D eigenvalue weighted by Gasteiger charge is -2.33. The van der Waals surface area contributed by atoms with E-state index in [0.29, 0.717) is 6.61 Å². The molecule has 0 radical (unpaired) electrons. The molecule has 0 aliphatic carbocycles. The molecule has 3 atom stereocenters. The normalized spacial score (nSPS) is 18.1. The highest BCUT2D eigenvalue weighted by Crippen LogP contribution is 2.22. The van der Waals surface area contributed by atoms with Gasteiger partial charge in [0.2, 0.25) is 5.60 Å². The van der Waals surface area contributed by atoms with Crippen LogP contribution in [0.25, 0.3) is 0 Å². The maximum absolute atomic E-state index is 11.1. The van der Waals surface area contributed by atoms with E-state index in [4.69, 9.17) is 9.84 Å². The van der Waals surface area contributed by atoms with Crippen molar-refractivity contribution in [1.82, 2.24) is 0 Å². The van der Waals surface area contributed by atoms with E-state index in [0.717, 1.165) is 25.7 Å². The summed E-state index contributed by atoms with van der Waals surface area (Å²) in [7, 11) is 0. The van der Waals surface area contributed by atoms with Gasteiger partial charge in [0, 0.05) is 6.61 Å². The van der Waals surface area contributed by atoms with Crippen LogP contribution in [0.2, 0.25) is 0 Å². The Kier molecular flexibility index (Phi) is 8.15. The molecule has 5 nitrogen and oxygen atoms in total. The first kappa shape index (κ1) is 17.4. The highest BCUT2D eigenvalue weighted by atomic mass is 16.5. The Hall–Kier alpha value is -0.650. The van der Waals surface area contributed by atoms with Crippen molar-refractivity contribution < 1.29 is 24.9 Å². The number of ether oxygens (including phenoxy) is 1. The van der Waals surface area contributed by atoms with Gasteiger partial charge in [-0.25, -0.2) is 4.79 Å². The Labute approximate surface area is 109 Å². The van der Waals surface area contributed by atoms with Gasteiger partial charge in [-0.1, -0.05) is 33.1 Å². The maximum atomic E-state index is 11.1. The van der Waals surface area contributed by atoms with Gasteiger partial charge in [-0.05, 0) is 19.8 Å². The largest absolute Gasteiger partial charge is 0.479 e. The van der Waals surface area contributed by atoms with Gasteiger partial charge in [-0.15, -0.1) is 0 Å². The van der Waals surface area contributed by atoms with E-state index >= 15 is 0 Å². The molecule has 0 rings (SSSR count). The summed E-state index contributed by atoms with van der Waals surface area (Å²) in [5, 5.41) is 28.8. The van der Waals surface area contributed by atoms with Crippen molar-refractivity contribution in [3.8, 4) is 0 Å². The lowest BCUT2D eigenvalue weighted by Crippen LogP contribution is -2.57. The number of unbranched alkanes of at least 4 members (excludes halogenated alkanes) is 3. The van der Waals surface area contributed by atoms with Crippen LogP contribution < -0.4 is 0 Å². The summed E-state index contributed by atoms with van der Waals surface area (Å²) in [5.74, 6) is -1.45. The molecule has 0 aliphatic rings. The van der Waals surface area contributed by atoms with E-state index in [1.807, 2.05) is 0 Å². The quantitative estimate of drug-likeness (QED) is 0.520. The highest BCUT2D eigenvalue weighted by molar-refractivity contribution is 5.78. The fourth-order valence-electron chi connectivity index (χ4n) is 1.81. The van der Waals surface area contributed by atoms with Crippen molar-refractivity contribution in [2.45, 2.75) is 70.7 Å². The fraction of sp³-hybridized carbons (Fsp3) is 0.923. The SMILES string of the molecule is CCCCCCOC(C)C(O)(C(=O)O)C(O)CC. The molecule has 3 N–H and O–H groups in total. The molecule has 3 unspecified atom stereocenters. The zero-order valence-electron chi connectivity index (χ0n) is 11.6. The third kappa shape index (κ3) is 4.55. The number of hydrogen-bond acceptors (Lipinski definition) is 4. The molecule has 108 valence electrons. The molecule has 0 aromatic heterocycles. The summed E-state index contributed by atoms with van der Waals surface area (Å²) in [6.07, 6.45) is 1.96. The predicted molar refractivity (Wildman–Crippen MR) is 68.4 cm³/mol. The standard InChI is InChI=1S/C13H26O5/c1-4-6-7-8-9-18-10(3)13(17,12(15)16)11(14)5-2/h10-11,14,17H,4-9H2,1-3H3,(H,15,16). The summed E-state index contributed by atoms with van der Waals surface area (Å²) in [6.45, 7) is 5.59. The van der Waals surface area contributed by atoms with Crippen molar-refractivity contribution in [3.63, 3.8) is 0 Å². The minimum absolute atomic E-state index is 0.159. The third-order valence-electron chi connectivity index (χ3n) is 3.22. The molecule has 0 spiro atoms. The van der Waals surface area contributed by atoms with Crippen LogP contribution in [0.3, 0.4) is 0 Å². The molecule has 0 fully saturated rings. The van der Waals surface area contributed by atoms with Crippen molar-refractivity contribution in [1.29, 1.82) is 0 Å². The summed E-state index contributed by atoms with van der Waals surface area (Å²) >= 11 is 0. The topological polar surface area (TPSA) is 87.0 Å². The Morgan fingerprint density at radius 3 is 2.33 bits per heavy atom. The monoisotopic (exact) mass is 262 g/mol. The van der Waals surface area contributed by atoms with E-state index in [1.165, 1.54) is 6.92 Å². The second kappa shape index (κ2) is 8.45.